The number of hydrogen-bond donors (Lipinski definition) is 3. The number of rotatable bonds is 3. The molecule has 86 valence electrons. The van der Waals surface area contributed by atoms with Crippen molar-refractivity contribution in [2.75, 3.05) is 6.54 Å². The number of benzene rings is 1. The van der Waals surface area contributed by atoms with E-state index in [0.717, 1.165) is 16.6 Å². The quantitative estimate of drug-likeness (QED) is 0.743. The van der Waals surface area contributed by atoms with Crippen molar-refractivity contribution in [2.45, 2.75) is 19.4 Å². The van der Waals surface area contributed by atoms with Crippen molar-refractivity contribution < 1.29 is 9.50 Å². The van der Waals surface area contributed by atoms with Gasteiger partial charge in [0.2, 0.25) is 0 Å². The predicted molar refractivity (Wildman–Crippen MR) is 61.6 cm³/mol. The highest BCUT2D eigenvalue weighted by atomic mass is 19.1. The molecular formula is C12H15FN2O. The molecule has 4 N–H and O–H groups in total. The summed E-state index contributed by atoms with van der Waals surface area (Å²) in [7, 11) is 0. The normalized spacial score (nSPS) is 13.2. The van der Waals surface area contributed by atoms with Crippen LogP contribution in [-0.4, -0.2) is 16.6 Å². The Morgan fingerprint density at radius 2 is 2.25 bits per heavy atom. The summed E-state index contributed by atoms with van der Waals surface area (Å²) in [5, 5.41) is 10.7. The highest BCUT2D eigenvalue weighted by molar-refractivity contribution is 5.85. The number of H-pyrrole nitrogens is 1. The number of hydrogen-bond acceptors (Lipinski definition) is 2. The number of aliphatic hydroxyl groups excluding tert-OH is 1. The van der Waals surface area contributed by atoms with Crippen molar-refractivity contribution in [3.63, 3.8) is 0 Å². The van der Waals surface area contributed by atoms with Crippen LogP contribution >= 0.6 is 0 Å². The molecule has 2 aromatic rings. The first-order valence-corrected chi connectivity index (χ1v) is 5.30. The highest BCUT2D eigenvalue weighted by Gasteiger charge is 2.17. The van der Waals surface area contributed by atoms with Gasteiger partial charge in [0.1, 0.15) is 5.82 Å². The predicted octanol–water partition coefficient (Wildman–Crippen LogP) is 2.00. The van der Waals surface area contributed by atoms with Gasteiger partial charge < -0.3 is 15.8 Å². The molecule has 0 spiro atoms. The Bertz CT molecular complexity index is 507. The third-order valence-corrected chi connectivity index (χ3v) is 2.79. The van der Waals surface area contributed by atoms with Crippen molar-refractivity contribution in [3.05, 3.63) is 35.3 Å². The van der Waals surface area contributed by atoms with Gasteiger partial charge in [-0.2, -0.15) is 0 Å². The number of aromatic amines is 1. The third kappa shape index (κ3) is 1.70. The number of fused-ring (bicyclic) bond motifs is 1. The lowest BCUT2D eigenvalue weighted by molar-refractivity contribution is 0.171. The van der Waals surface area contributed by atoms with Gasteiger partial charge in [0.15, 0.2) is 0 Å². The summed E-state index contributed by atoms with van der Waals surface area (Å²) in [5.74, 6) is -0.299. The lowest BCUT2D eigenvalue weighted by atomic mass is 10.0. The Labute approximate surface area is 93.1 Å². The van der Waals surface area contributed by atoms with Crippen molar-refractivity contribution in [3.8, 4) is 0 Å². The van der Waals surface area contributed by atoms with Gasteiger partial charge in [-0.3, -0.25) is 0 Å². The van der Waals surface area contributed by atoms with Crippen LogP contribution in [0.1, 0.15) is 23.8 Å². The van der Waals surface area contributed by atoms with E-state index in [2.05, 4.69) is 4.98 Å². The molecule has 0 saturated carbocycles. The van der Waals surface area contributed by atoms with Gasteiger partial charge in [-0.25, -0.2) is 4.39 Å². The number of para-hydroxylation sites is 1. The maximum Gasteiger partial charge on any atom is 0.147 e. The molecule has 2 rings (SSSR count). The lowest BCUT2D eigenvalue weighted by Crippen LogP contribution is -2.07. The van der Waals surface area contributed by atoms with Crippen LogP contribution in [-0.2, 0) is 0 Å². The molecular weight excluding hydrogens is 207 g/mol. The van der Waals surface area contributed by atoms with Crippen LogP contribution in [0.2, 0.25) is 0 Å². The van der Waals surface area contributed by atoms with E-state index >= 15 is 0 Å². The van der Waals surface area contributed by atoms with Crippen molar-refractivity contribution >= 4 is 10.9 Å². The lowest BCUT2D eigenvalue weighted by Gasteiger charge is -2.09. The Morgan fingerprint density at radius 3 is 2.94 bits per heavy atom. The fourth-order valence-corrected chi connectivity index (χ4v) is 2.06. The first kappa shape index (κ1) is 11.1. The second-order valence-corrected chi connectivity index (χ2v) is 3.92. The highest BCUT2D eigenvalue weighted by Crippen LogP contribution is 2.30. The number of aryl methyl sites for hydroxylation is 1. The standard InChI is InChI=1S/C12H15FN2O/c1-7-11(10(16)5-6-14)8-3-2-4-9(13)12(8)15-7/h2-4,10,15-16H,5-6,14H2,1H3. The molecule has 0 fully saturated rings. The van der Waals surface area contributed by atoms with Crippen molar-refractivity contribution in [1.29, 1.82) is 0 Å². The SMILES string of the molecule is Cc1[nH]c2c(F)cccc2c1C(O)CCN. The van der Waals surface area contributed by atoms with E-state index in [4.69, 9.17) is 5.73 Å². The Balaban J connectivity index is 2.60. The minimum absolute atomic E-state index is 0.299. The second-order valence-electron chi connectivity index (χ2n) is 3.92. The maximum absolute atomic E-state index is 13.5. The van der Waals surface area contributed by atoms with Crippen LogP contribution < -0.4 is 5.73 Å². The van der Waals surface area contributed by atoms with Crippen LogP contribution in [0.4, 0.5) is 4.39 Å². The number of aliphatic hydroxyl groups is 1. The smallest absolute Gasteiger partial charge is 0.147 e. The minimum Gasteiger partial charge on any atom is -0.388 e. The number of nitrogens with two attached hydrogens (primary N) is 1. The van der Waals surface area contributed by atoms with E-state index in [9.17, 15) is 9.50 Å². The molecule has 0 aliphatic heterocycles. The molecule has 1 aromatic heterocycles. The van der Waals surface area contributed by atoms with Gasteiger partial charge in [0, 0.05) is 16.6 Å². The molecule has 0 aliphatic carbocycles. The zero-order chi connectivity index (χ0) is 11.7. The van der Waals surface area contributed by atoms with E-state index in [1.807, 2.05) is 6.92 Å². The number of aromatic nitrogens is 1. The summed E-state index contributed by atoms with van der Waals surface area (Å²) in [4.78, 5) is 2.96. The summed E-state index contributed by atoms with van der Waals surface area (Å²) in [6.07, 6.45) is -0.162. The number of halogens is 1. The van der Waals surface area contributed by atoms with Crippen LogP contribution in [0.25, 0.3) is 10.9 Å². The van der Waals surface area contributed by atoms with Crippen molar-refractivity contribution in [1.82, 2.24) is 4.98 Å². The molecule has 4 heteroatoms. The van der Waals surface area contributed by atoms with Crippen molar-refractivity contribution in [2.24, 2.45) is 5.73 Å². The molecule has 1 atom stereocenters. The zero-order valence-corrected chi connectivity index (χ0v) is 9.13. The Morgan fingerprint density at radius 1 is 1.50 bits per heavy atom. The molecule has 0 aliphatic rings. The zero-order valence-electron chi connectivity index (χ0n) is 9.13. The molecule has 1 heterocycles. The van der Waals surface area contributed by atoms with E-state index in [1.54, 1.807) is 12.1 Å². The first-order chi connectivity index (χ1) is 7.65. The van der Waals surface area contributed by atoms with Gasteiger partial charge in [-0.15, -0.1) is 0 Å². The summed E-state index contributed by atoms with van der Waals surface area (Å²) >= 11 is 0. The fraction of sp³-hybridized carbons (Fsp3) is 0.333. The molecule has 1 unspecified atom stereocenters. The molecule has 0 bridgehead atoms. The van der Waals surface area contributed by atoms with Crippen LogP contribution in [0.5, 0.6) is 0 Å². The van der Waals surface area contributed by atoms with E-state index in [0.29, 0.717) is 18.5 Å². The largest absolute Gasteiger partial charge is 0.388 e. The first-order valence-electron chi connectivity index (χ1n) is 5.30. The van der Waals surface area contributed by atoms with Gasteiger partial charge >= 0.3 is 0 Å². The average molecular weight is 222 g/mol. The van der Waals surface area contributed by atoms with E-state index in [-0.39, 0.29) is 5.82 Å². The average Bonchev–Trinajstić information content (AvgIpc) is 2.56. The topological polar surface area (TPSA) is 62.0 Å². The van der Waals surface area contributed by atoms with Crippen LogP contribution in [0.15, 0.2) is 18.2 Å². The molecule has 0 amide bonds. The molecule has 3 nitrogen and oxygen atoms in total. The third-order valence-electron chi connectivity index (χ3n) is 2.79. The Hall–Kier alpha value is -1.39. The summed E-state index contributed by atoms with van der Waals surface area (Å²) in [6.45, 7) is 2.23. The Kier molecular flexibility index (Phi) is 2.94. The molecule has 0 saturated heterocycles. The monoisotopic (exact) mass is 222 g/mol. The maximum atomic E-state index is 13.5. The summed E-state index contributed by atoms with van der Waals surface area (Å²) < 4.78 is 13.5. The van der Waals surface area contributed by atoms with Crippen LogP contribution in [0, 0.1) is 12.7 Å². The van der Waals surface area contributed by atoms with Gasteiger partial charge in [0.05, 0.1) is 11.6 Å². The van der Waals surface area contributed by atoms with Gasteiger partial charge in [-0.1, -0.05) is 12.1 Å². The fourth-order valence-electron chi connectivity index (χ4n) is 2.06. The molecule has 1 aromatic carbocycles. The van der Waals surface area contributed by atoms with E-state index < -0.39 is 6.10 Å². The molecule has 0 radical (unpaired) electrons. The van der Waals surface area contributed by atoms with E-state index in [1.165, 1.54) is 6.07 Å². The minimum atomic E-state index is -0.638. The number of nitrogens with one attached hydrogen (secondary N) is 1. The second kappa shape index (κ2) is 4.23. The van der Waals surface area contributed by atoms with Crippen LogP contribution in [0.3, 0.4) is 0 Å². The summed E-state index contributed by atoms with van der Waals surface area (Å²) in [6, 6.07) is 4.85. The summed E-state index contributed by atoms with van der Waals surface area (Å²) in [5.41, 5.74) is 7.41. The molecule has 16 heavy (non-hydrogen) atoms. The van der Waals surface area contributed by atoms with Gasteiger partial charge in [0.25, 0.3) is 0 Å². The van der Waals surface area contributed by atoms with Gasteiger partial charge in [-0.05, 0) is 26.0 Å².